The molecule has 1 N–H and O–H groups in total. The van der Waals surface area contributed by atoms with Crippen LogP contribution in [0.15, 0.2) is 18.2 Å². The topological polar surface area (TPSA) is 34.2 Å². The highest BCUT2D eigenvalue weighted by molar-refractivity contribution is 5.96. The second kappa shape index (κ2) is 5.25. The minimum Gasteiger partial charge on any atom is -0.494 e. The molecule has 0 amide bonds. The van der Waals surface area contributed by atoms with Gasteiger partial charge >= 0.3 is 0 Å². The number of aromatic nitrogens is 1. The normalized spacial score (nSPS) is 10.7. The van der Waals surface area contributed by atoms with E-state index < -0.39 is 0 Å². The number of nitrogens with one attached hydrogen (secondary N) is 1. The molecule has 0 bridgehead atoms. The second-order valence-electron chi connectivity index (χ2n) is 4.30. The monoisotopic (exact) mass is 244 g/mol. The second-order valence-corrected chi connectivity index (χ2v) is 4.30. The van der Waals surface area contributed by atoms with E-state index in [1.54, 1.807) is 7.11 Å². The van der Waals surface area contributed by atoms with Crippen LogP contribution >= 0.6 is 0 Å². The van der Waals surface area contributed by atoms with Gasteiger partial charge in [0.15, 0.2) is 0 Å². The van der Waals surface area contributed by atoms with Crippen LogP contribution in [-0.2, 0) is 6.42 Å². The smallest absolute Gasteiger partial charge is 0.145 e. The van der Waals surface area contributed by atoms with Crippen molar-refractivity contribution < 1.29 is 4.74 Å². The van der Waals surface area contributed by atoms with E-state index in [9.17, 15) is 0 Å². The van der Waals surface area contributed by atoms with E-state index in [0.717, 1.165) is 35.3 Å². The standard InChI is InChI=1S/C15H20N2O/c1-5-12-10(3)14(16-6-2)11-8-7-9-13(18-4)15(11)17-12/h7-9H,5-6H2,1-4H3,(H,16,17). The predicted octanol–water partition coefficient (Wildman–Crippen LogP) is 3.55. The minimum absolute atomic E-state index is 0.835. The lowest BCUT2D eigenvalue weighted by molar-refractivity contribution is 0.419. The predicted molar refractivity (Wildman–Crippen MR) is 76.6 cm³/mol. The lowest BCUT2D eigenvalue weighted by Gasteiger charge is -2.16. The molecule has 3 heteroatoms. The molecule has 0 aliphatic carbocycles. The van der Waals surface area contributed by atoms with Crippen LogP contribution in [0, 0.1) is 6.92 Å². The van der Waals surface area contributed by atoms with Crippen molar-refractivity contribution in [3.63, 3.8) is 0 Å². The van der Waals surface area contributed by atoms with Crippen molar-refractivity contribution in [1.82, 2.24) is 4.98 Å². The first kappa shape index (κ1) is 12.7. The molecule has 1 heterocycles. The Balaban J connectivity index is 2.80. The Morgan fingerprint density at radius 2 is 2.06 bits per heavy atom. The summed E-state index contributed by atoms with van der Waals surface area (Å²) in [4.78, 5) is 4.74. The summed E-state index contributed by atoms with van der Waals surface area (Å²) in [5, 5.41) is 4.58. The van der Waals surface area contributed by atoms with Gasteiger partial charge in [0.25, 0.3) is 0 Å². The molecule has 96 valence electrons. The van der Waals surface area contributed by atoms with E-state index in [-0.39, 0.29) is 0 Å². The fraction of sp³-hybridized carbons (Fsp3) is 0.400. The lowest BCUT2D eigenvalue weighted by atomic mass is 10.0. The Hall–Kier alpha value is -1.77. The molecule has 0 radical (unpaired) electrons. The third kappa shape index (κ3) is 2.01. The van der Waals surface area contributed by atoms with Crippen LogP contribution in [0.4, 0.5) is 5.69 Å². The highest BCUT2D eigenvalue weighted by atomic mass is 16.5. The summed E-state index contributed by atoms with van der Waals surface area (Å²) in [7, 11) is 1.69. The summed E-state index contributed by atoms with van der Waals surface area (Å²) in [6, 6.07) is 6.06. The average molecular weight is 244 g/mol. The first-order chi connectivity index (χ1) is 8.72. The molecule has 0 unspecified atom stereocenters. The molecule has 0 saturated heterocycles. The van der Waals surface area contributed by atoms with E-state index >= 15 is 0 Å². The molecule has 18 heavy (non-hydrogen) atoms. The third-order valence-corrected chi connectivity index (χ3v) is 3.23. The number of nitrogens with zero attached hydrogens (tertiary/aromatic N) is 1. The number of pyridine rings is 1. The Bertz CT molecular complexity index is 564. The summed E-state index contributed by atoms with van der Waals surface area (Å²) in [5.41, 5.74) is 4.49. The van der Waals surface area contributed by atoms with Gasteiger partial charge in [-0.05, 0) is 31.9 Å². The van der Waals surface area contributed by atoms with Gasteiger partial charge in [-0.2, -0.15) is 0 Å². The molecule has 2 rings (SSSR count). The third-order valence-electron chi connectivity index (χ3n) is 3.23. The first-order valence-corrected chi connectivity index (χ1v) is 6.42. The molecule has 3 nitrogen and oxygen atoms in total. The number of anilines is 1. The molecular formula is C15H20N2O. The van der Waals surface area contributed by atoms with E-state index in [1.807, 2.05) is 12.1 Å². The maximum atomic E-state index is 5.41. The number of hydrogen-bond acceptors (Lipinski definition) is 3. The van der Waals surface area contributed by atoms with Crippen LogP contribution in [0.25, 0.3) is 10.9 Å². The Kier molecular flexibility index (Phi) is 3.70. The Labute approximate surface area is 108 Å². The fourth-order valence-electron chi connectivity index (χ4n) is 2.32. The molecule has 0 aliphatic heterocycles. The summed E-state index contributed by atoms with van der Waals surface area (Å²) in [5.74, 6) is 0.835. The largest absolute Gasteiger partial charge is 0.494 e. The van der Waals surface area contributed by atoms with Crippen molar-refractivity contribution >= 4 is 16.6 Å². The summed E-state index contributed by atoms with van der Waals surface area (Å²) in [6.07, 6.45) is 0.929. The number of rotatable bonds is 4. The van der Waals surface area contributed by atoms with Crippen molar-refractivity contribution in [2.24, 2.45) is 0 Å². The quantitative estimate of drug-likeness (QED) is 0.893. The van der Waals surface area contributed by atoms with Gasteiger partial charge < -0.3 is 10.1 Å². The van der Waals surface area contributed by atoms with Gasteiger partial charge in [0.05, 0.1) is 7.11 Å². The SMILES string of the molecule is CCNc1c(C)c(CC)nc2c(OC)cccc12. The lowest BCUT2D eigenvalue weighted by Crippen LogP contribution is -2.05. The highest BCUT2D eigenvalue weighted by Gasteiger charge is 2.12. The molecule has 0 atom stereocenters. The van der Waals surface area contributed by atoms with Crippen molar-refractivity contribution in [2.45, 2.75) is 27.2 Å². The van der Waals surface area contributed by atoms with Gasteiger partial charge in [0, 0.05) is 23.3 Å². The number of hydrogen-bond donors (Lipinski definition) is 1. The van der Waals surface area contributed by atoms with Crippen LogP contribution in [0.3, 0.4) is 0 Å². The van der Waals surface area contributed by atoms with Gasteiger partial charge in [-0.3, -0.25) is 0 Å². The summed E-state index contributed by atoms with van der Waals surface area (Å²) >= 11 is 0. The summed E-state index contributed by atoms with van der Waals surface area (Å²) < 4.78 is 5.41. The van der Waals surface area contributed by atoms with Gasteiger partial charge in [-0.1, -0.05) is 19.1 Å². The molecule has 1 aromatic heterocycles. The van der Waals surface area contributed by atoms with E-state index in [4.69, 9.17) is 9.72 Å². The van der Waals surface area contributed by atoms with Gasteiger partial charge in [0.2, 0.25) is 0 Å². The number of fused-ring (bicyclic) bond motifs is 1. The maximum Gasteiger partial charge on any atom is 0.145 e. The van der Waals surface area contributed by atoms with Crippen LogP contribution in [-0.4, -0.2) is 18.6 Å². The zero-order chi connectivity index (χ0) is 13.1. The van der Waals surface area contributed by atoms with E-state index in [0.29, 0.717) is 0 Å². The molecule has 2 aromatic rings. The number of benzene rings is 1. The van der Waals surface area contributed by atoms with Crippen LogP contribution in [0.1, 0.15) is 25.1 Å². The average Bonchev–Trinajstić information content (AvgIpc) is 2.41. The summed E-state index contributed by atoms with van der Waals surface area (Å²) in [6.45, 7) is 7.27. The van der Waals surface area contributed by atoms with Crippen molar-refractivity contribution in [1.29, 1.82) is 0 Å². The zero-order valence-corrected chi connectivity index (χ0v) is 11.5. The van der Waals surface area contributed by atoms with Crippen LogP contribution in [0.5, 0.6) is 5.75 Å². The molecule has 0 aliphatic rings. The molecule has 1 aromatic carbocycles. The minimum atomic E-state index is 0.835. The van der Waals surface area contributed by atoms with E-state index in [2.05, 4.69) is 32.2 Å². The molecule has 0 spiro atoms. The Morgan fingerprint density at radius 3 is 2.67 bits per heavy atom. The number of aryl methyl sites for hydroxylation is 1. The van der Waals surface area contributed by atoms with Crippen LogP contribution < -0.4 is 10.1 Å². The van der Waals surface area contributed by atoms with Gasteiger partial charge in [-0.25, -0.2) is 4.98 Å². The molecule has 0 fully saturated rings. The molecule has 0 saturated carbocycles. The molecular weight excluding hydrogens is 224 g/mol. The maximum absolute atomic E-state index is 5.41. The van der Waals surface area contributed by atoms with Gasteiger partial charge in [-0.15, -0.1) is 0 Å². The van der Waals surface area contributed by atoms with Crippen molar-refractivity contribution in [2.75, 3.05) is 19.0 Å². The number of methoxy groups -OCH3 is 1. The van der Waals surface area contributed by atoms with Crippen LogP contribution in [0.2, 0.25) is 0 Å². The van der Waals surface area contributed by atoms with Crippen molar-refractivity contribution in [3.05, 3.63) is 29.5 Å². The Morgan fingerprint density at radius 1 is 1.28 bits per heavy atom. The number of para-hydroxylation sites is 1. The zero-order valence-electron chi connectivity index (χ0n) is 11.5. The number of ether oxygens (including phenoxy) is 1. The van der Waals surface area contributed by atoms with E-state index in [1.165, 1.54) is 11.3 Å². The fourth-order valence-corrected chi connectivity index (χ4v) is 2.32. The first-order valence-electron chi connectivity index (χ1n) is 6.42. The highest BCUT2D eigenvalue weighted by Crippen LogP contribution is 2.33. The van der Waals surface area contributed by atoms with Gasteiger partial charge in [0.1, 0.15) is 11.3 Å². The van der Waals surface area contributed by atoms with Crippen molar-refractivity contribution in [3.8, 4) is 5.75 Å².